The molecule has 1 aromatic carbocycles. The highest BCUT2D eigenvalue weighted by Crippen LogP contribution is 2.32. The SMILES string of the molecule is CSCC(=O)NCC(=O)NC(C)Cc1ccc2c(c1)OCO2. The van der Waals surface area contributed by atoms with Crippen LogP contribution in [0.15, 0.2) is 18.2 Å². The highest BCUT2D eigenvalue weighted by molar-refractivity contribution is 7.99. The van der Waals surface area contributed by atoms with Gasteiger partial charge in [-0.1, -0.05) is 6.07 Å². The minimum Gasteiger partial charge on any atom is -0.454 e. The van der Waals surface area contributed by atoms with Crippen LogP contribution in [-0.4, -0.2) is 43.2 Å². The van der Waals surface area contributed by atoms with Gasteiger partial charge in [0.2, 0.25) is 18.6 Å². The van der Waals surface area contributed by atoms with Crippen LogP contribution >= 0.6 is 11.8 Å². The third-order valence-electron chi connectivity index (χ3n) is 3.11. The van der Waals surface area contributed by atoms with E-state index in [4.69, 9.17) is 9.47 Å². The molecule has 0 fully saturated rings. The van der Waals surface area contributed by atoms with Crippen LogP contribution in [0.25, 0.3) is 0 Å². The van der Waals surface area contributed by atoms with Crippen LogP contribution in [0.4, 0.5) is 0 Å². The molecule has 1 aliphatic heterocycles. The zero-order valence-corrected chi connectivity index (χ0v) is 13.5. The van der Waals surface area contributed by atoms with Crippen LogP contribution in [0, 0.1) is 0 Å². The van der Waals surface area contributed by atoms with E-state index in [9.17, 15) is 9.59 Å². The van der Waals surface area contributed by atoms with Gasteiger partial charge >= 0.3 is 0 Å². The Morgan fingerprint density at radius 3 is 2.82 bits per heavy atom. The van der Waals surface area contributed by atoms with Crippen molar-refractivity contribution in [2.45, 2.75) is 19.4 Å². The highest BCUT2D eigenvalue weighted by atomic mass is 32.2. The molecular formula is C15H20N2O4S. The van der Waals surface area contributed by atoms with Gasteiger partial charge in [-0.15, -0.1) is 0 Å². The van der Waals surface area contributed by atoms with E-state index in [1.807, 2.05) is 31.4 Å². The second kappa shape index (κ2) is 7.93. The van der Waals surface area contributed by atoms with Crippen molar-refractivity contribution in [2.75, 3.05) is 25.3 Å². The van der Waals surface area contributed by atoms with Crippen molar-refractivity contribution < 1.29 is 19.1 Å². The zero-order valence-electron chi connectivity index (χ0n) is 12.7. The van der Waals surface area contributed by atoms with E-state index in [1.54, 1.807) is 0 Å². The monoisotopic (exact) mass is 324 g/mol. The van der Waals surface area contributed by atoms with E-state index in [-0.39, 0.29) is 31.2 Å². The summed E-state index contributed by atoms with van der Waals surface area (Å²) in [6, 6.07) is 5.71. The van der Waals surface area contributed by atoms with Gasteiger partial charge in [0.25, 0.3) is 0 Å². The van der Waals surface area contributed by atoms with Crippen LogP contribution in [0.3, 0.4) is 0 Å². The first-order valence-electron chi connectivity index (χ1n) is 7.02. The van der Waals surface area contributed by atoms with E-state index in [2.05, 4.69) is 10.6 Å². The Hall–Kier alpha value is -1.89. The van der Waals surface area contributed by atoms with Crippen LogP contribution < -0.4 is 20.1 Å². The van der Waals surface area contributed by atoms with Crippen LogP contribution in [-0.2, 0) is 16.0 Å². The summed E-state index contributed by atoms with van der Waals surface area (Å²) >= 11 is 1.42. The maximum Gasteiger partial charge on any atom is 0.239 e. The second-order valence-electron chi connectivity index (χ2n) is 5.07. The molecule has 6 nitrogen and oxygen atoms in total. The lowest BCUT2D eigenvalue weighted by molar-refractivity contribution is -0.125. The number of amides is 2. The van der Waals surface area contributed by atoms with Crippen molar-refractivity contribution in [2.24, 2.45) is 0 Å². The van der Waals surface area contributed by atoms with Crippen LogP contribution in [0.2, 0.25) is 0 Å². The fraction of sp³-hybridized carbons (Fsp3) is 0.467. The number of thioether (sulfide) groups is 1. The molecule has 1 aliphatic rings. The highest BCUT2D eigenvalue weighted by Gasteiger charge is 2.15. The van der Waals surface area contributed by atoms with Crippen molar-refractivity contribution in [1.82, 2.24) is 10.6 Å². The van der Waals surface area contributed by atoms with Gasteiger partial charge in [0, 0.05) is 6.04 Å². The van der Waals surface area contributed by atoms with Crippen molar-refractivity contribution in [3.8, 4) is 11.5 Å². The van der Waals surface area contributed by atoms with E-state index >= 15 is 0 Å². The molecule has 120 valence electrons. The Bertz CT molecular complexity index is 550. The molecule has 0 aromatic heterocycles. The Labute approximate surface area is 133 Å². The van der Waals surface area contributed by atoms with Gasteiger partial charge in [-0.3, -0.25) is 9.59 Å². The number of benzene rings is 1. The first kappa shape index (κ1) is 16.5. The molecule has 22 heavy (non-hydrogen) atoms. The standard InChI is InChI=1S/C15H20N2O4S/c1-10(17-14(18)7-16-15(19)8-22-2)5-11-3-4-12-13(6-11)21-9-20-12/h3-4,6,10H,5,7-9H2,1-2H3,(H,16,19)(H,17,18). The number of ether oxygens (including phenoxy) is 2. The number of carbonyl (C=O) groups is 2. The van der Waals surface area contributed by atoms with Crippen molar-refractivity contribution >= 4 is 23.6 Å². The summed E-state index contributed by atoms with van der Waals surface area (Å²) in [5, 5.41) is 5.44. The number of carbonyl (C=O) groups excluding carboxylic acids is 2. The number of rotatable bonds is 7. The molecule has 0 saturated carbocycles. The predicted molar refractivity (Wildman–Crippen MR) is 85.3 cm³/mol. The molecule has 1 unspecified atom stereocenters. The van der Waals surface area contributed by atoms with Gasteiger partial charge in [0.1, 0.15) is 0 Å². The largest absolute Gasteiger partial charge is 0.454 e. The first-order chi connectivity index (χ1) is 10.6. The Balaban J connectivity index is 1.76. The summed E-state index contributed by atoms with van der Waals surface area (Å²) < 4.78 is 10.6. The van der Waals surface area contributed by atoms with E-state index in [0.717, 1.165) is 17.1 Å². The topological polar surface area (TPSA) is 76.7 Å². The molecular weight excluding hydrogens is 304 g/mol. The Morgan fingerprint density at radius 1 is 1.27 bits per heavy atom. The maximum absolute atomic E-state index is 11.8. The molecule has 0 spiro atoms. The minimum absolute atomic E-state index is 0.00483. The third kappa shape index (κ3) is 4.84. The lowest BCUT2D eigenvalue weighted by Gasteiger charge is -2.14. The van der Waals surface area contributed by atoms with E-state index < -0.39 is 0 Å². The summed E-state index contributed by atoms with van der Waals surface area (Å²) in [5.74, 6) is 1.52. The molecule has 0 aliphatic carbocycles. The molecule has 0 bridgehead atoms. The smallest absolute Gasteiger partial charge is 0.239 e. The lowest BCUT2D eigenvalue weighted by Crippen LogP contribution is -2.42. The fourth-order valence-electron chi connectivity index (χ4n) is 2.16. The lowest BCUT2D eigenvalue weighted by atomic mass is 10.1. The summed E-state index contributed by atoms with van der Waals surface area (Å²) in [6.45, 7) is 2.18. The number of hydrogen-bond acceptors (Lipinski definition) is 5. The predicted octanol–water partition coefficient (Wildman–Crippen LogP) is 0.942. The van der Waals surface area contributed by atoms with Gasteiger partial charge in [0.05, 0.1) is 12.3 Å². The normalized spacial score (nSPS) is 13.5. The average molecular weight is 324 g/mol. The first-order valence-corrected chi connectivity index (χ1v) is 8.41. The molecule has 0 radical (unpaired) electrons. The molecule has 1 aromatic rings. The summed E-state index contributed by atoms with van der Waals surface area (Å²) in [6.07, 6.45) is 2.52. The third-order valence-corrected chi connectivity index (χ3v) is 3.66. The van der Waals surface area contributed by atoms with Crippen molar-refractivity contribution in [1.29, 1.82) is 0 Å². The molecule has 2 rings (SSSR count). The number of nitrogens with one attached hydrogen (secondary N) is 2. The van der Waals surface area contributed by atoms with Crippen LogP contribution in [0.1, 0.15) is 12.5 Å². The Morgan fingerprint density at radius 2 is 2.05 bits per heavy atom. The molecule has 2 N–H and O–H groups in total. The van der Waals surface area contributed by atoms with Crippen molar-refractivity contribution in [3.63, 3.8) is 0 Å². The fourth-order valence-corrected chi connectivity index (χ4v) is 2.52. The van der Waals surface area contributed by atoms with Gasteiger partial charge in [-0.05, 0) is 37.3 Å². The summed E-state index contributed by atoms with van der Waals surface area (Å²) in [4.78, 5) is 23.1. The van der Waals surface area contributed by atoms with E-state index in [0.29, 0.717) is 12.2 Å². The van der Waals surface area contributed by atoms with Crippen molar-refractivity contribution in [3.05, 3.63) is 23.8 Å². The zero-order chi connectivity index (χ0) is 15.9. The molecule has 2 amide bonds. The summed E-state index contributed by atoms with van der Waals surface area (Å²) in [7, 11) is 0. The number of fused-ring (bicyclic) bond motifs is 1. The van der Waals surface area contributed by atoms with E-state index in [1.165, 1.54) is 11.8 Å². The molecule has 0 saturated heterocycles. The minimum atomic E-state index is -0.192. The average Bonchev–Trinajstić information content (AvgIpc) is 2.93. The quantitative estimate of drug-likeness (QED) is 0.781. The maximum atomic E-state index is 11.8. The summed E-state index contributed by atoms with van der Waals surface area (Å²) in [5.41, 5.74) is 1.06. The second-order valence-corrected chi connectivity index (χ2v) is 5.94. The molecule has 1 heterocycles. The van der Waals surface area contributed by atoms with Gasteiger partial charge in [0.15, 0.2) is 11.5 Å². The van der Waals surface area contributed by atoms with Gasteiger partial charge in [-0.2, -0.15) is 11.8 Å². The number of hydrogen-bond donors (Lipinski definition) is 2. The Kier molecular flexibility index (Phi) is 5.94. The molecule has 7 heteroatoms. The molecule has 1 atom stereocenters. The van der Waals surface area contributed by atoms with Gasteiger partial charge < -0.3 is 20.1 Å². The van der Waals surface area contributed by atoms with Crippen LogP contribution in [0.5, 0.6) is 11.5 Å². The van der Waals surface area contributed by atoms with Gasteiger partial charge in [-0.25, -0.2) is 0 Å².